The minimum atomic E-state index is 0.411. The van der Waals surface area contributed by atoms with Crippen molar-refractivity contribution in [3.05, 3.63) is 70.9 Å². The summed E-state index contributed by atoms with van der Waals surface area (Å²) in [4.78, 5) is 3.31. The Labute approximate surface area is 118 Å². The third kappa shape index (κ3) is 2.15. The van der Waals surface area contributed by atoms with Crippen molar-refractivity contribution in [2.75, 3.05) is 0 Å². The number of aromatic amines is 1. The van der Waals surface area contributed by atoms with Crippen LogP contribution in [0.4, 0.5) is 0 Å². The SMILES string of the molecule is CCC(c1ccccc1)c1c[nH]c2c(Cl)cccc12. The standard InChI is InChI=1S/C17H16ClN/c1-2-13(12-7-4-3-5-8-12)15-11-19-17-14(15)9-6-10-16(17)18/h3-11,13,19H,2H2,1H3. The van der Waals surface area contributed by atoms with Gasteiger partial charge < -0.3 is 4.98 Å². The van der Waals surface area contributed by atoms with Gasteiger partial charge in [0.05, 0.1) is 10.5 Å². The second-order valence-electron chi connectivity index (χ2n) is 4.78. The molecule has 0 bridgehead atoms. The van der Waals surface area contributed by atoms with E-state index in [1.54, 1.807) is 0 Å². The molecule has 1 nitrogen and oxygen atoms in total. The molecule has 0 spiro atoms. The Bertz CT molecular complexity index is 685. The predicted molar refractivity (Wildman–Crippen MR) is 81.9 cm³/mol. The zero-order chi connectivity index (χ0) is 13.2. The van der Waals surface area contributed by atoms with Crippen LogP contribution in [0.2, 0.25) is 5.02 Å². The monoisotopic (exact) mass is 269 g/mol. The molecule has 0 aliphatic carbocycles. The molecular formula is C17H16ClN. The maximum absolute atomic E-state index is 6.23. The van der Waals surface area contributed by atoms with Gasteiger partial charge in [-0.1, -0.05) is 61.0 Å². The van der Waals surface area contributed by atoms with E-state index in [9.17, 15) is 0 Å². The summed E-state index contributed by atoms with van der Waals surface area (Å²) in [5, 5.41) is 2.01. The summed E-state index contributed by atoms with van der Waals surface area (Å²) < 4.78 is 0. The van der Waals surface area contributed by atoms with Crippen molar-refractivity contribution in [2.45, 2.75) is 19.3 Å². The maximum Gasteiger partial charge on any atom is 0.0647 e. The lowest BCUT2D eigenvalue weighted by Crippen LogP contribution is -1.98. The molecule has 0 saturated carbocycles. The fraction of sp³-hybridized carbons (Fsp3) is 0.176. The molecule has 1 atom stereocenters. The fourth-order valence-corrected chi connectivity index (χ4v) is 2.98. The molecule has 19 heavy (non-hydrogen) atoms. The Morgan fingerprint density at radius 3 is 2.58 bits per heavy atom. The number of H-pyrrole nitrogens is 1. The Morgan fingerprint density at radius 2 is 1.84 bits per heavy atom. The van der Waals surface area contributed by atoms with E-state index in [0.717, 1.165) is 17.0 Å². The van der Waals surface area contributed by atoms with E-state index in [4.69, 9.17) is 11.6 Å². The molecule has 96 valence electrons. The summed E-state index contributed by atoms with van der Waals surface area (Å²) in [6.07, 6.45) is 3.17. The number of hydrogen-bond donors (Lipinski definition) is 1. The lowest BCUT2D eigenvalue weighted by molar-refractivity contribution is 0.783. The van der Waals surface area contributed by atoms with Crippen molar-refractivity contribution < 1.29 is 0 Å². The average Bonchev–Trinajstić information content (AvgIpc) is 2.87. The molecule has 3 aromatic rings. The number of para-hydroxylation sites is 1. The number of nitrogens with one attached hydrogen (secondary N) is 1. The van der Waals surface area contributed by atoms with Gasteiger partial charge in [-0.25, -0.2) is 0 Å². The lowest BCUT2D eigenvalue weighted by atomic mass is 9.89. The van der Waals surface area contributed by atoms with E-state index in [-0.39, 0.29) is 0 Å². The van der Waals surface area contributed by atoms with Gasteiger partial charge in [0.2, 0.25) is 0 Å². The summed E-state index contributed by atoms with van der Waals surface area (Å²) in [5.74, 6) is 0.411. The molecule has 2 aromatic carbocycles. The first kappa shape index (κ1) is 12.3. The third-order valence-electron chi connectivity index (χ3n) is 3.68. The number of hydrogen-bond acceptors (Lipinski definition) is 0. The second kappa shape index (κ2) is 5.10. The maximum atomic E-state index is 6.23. The third-order valence-corrected chi connectivity index (χ3v) is 4.00. The zero-order valence-corrected chi connectivity index (χ0v) is 11.6. The van der Waals surface area contributed by atoms with Crippen LogP contribution in [-0.2, 0) is 0 Å². The minimum Gasteiger partial charge on any atom is -0.360 e. The Kier molecular flexibility index (Phi) is 3.31. The van der Waals surface area contributed by atoms with Crippen molar-refractivity contribution in [1.29, 1.82) is 0 Å². The van der Waals surface area contributed by atoms with Crippen molar-refractivity contribution >= 4 is 22.5 Å². The van der Waals surface area contributed by atoms with Gasteiger partial charge in [-0.05, 0) is 23.6 Å². The molecule has 1 N–H and O–H groups in total. The van der Waals surface area contributed by atoms with E-state index in [1.807, 2.05) is 12.1 Å². The van der Waals surface area contributed by atoms with Crippen LogP contribution < -0.4 is 0 Å². The van der Waals surface area contributed by atoms with E-state index < -0.39 is 0 Å². The normalized spacial score (nSPS) is 12.7. The quantitative estimate of drug-likeness (QED) is 0.658. The summed E-state index contributed by atoms with van der Waals surface area (Å²) in [5.41, 5.74) is 3.71. The summed E-state index contributed by atoms with van der Waals surface area (Å²) in [7, 11) is 0. The predicted octanol–water partition coefficient (Wildman–Crippen LogP) is 5.36. The van der Waals surface area contributed by atoms with E-state index in [0.29, 0.717) is 5.92 Å². The van der Waals surface area contributed by atoms with Gasteiger partial charge in [-0.3, -0.25) is 0 Å². The molecule has 0 aliphatic rings. The first-order valence-electron chi connectivity index (χ1n) is 6.61. The van der Waals surface area contributed by atoms with Gasteiger partial charge >= 0.3 is 0 Å². The molecule has 0 saturated heterocycles. The van der Waals surface area contributed by atoms with Crippen molar-refractivity contribution in [2.24, 2.45) is 0 Å². The van der Waals surface area contributed by atoms with E-state index in [1.165, 1.54) is 16.5 Å². The molecule has 0 fully saturated rings. The fourth-order valence-electron chi connectivity index (χ4n) is 2.75. The molecule has 3 rings (SSSR count). The molecule has 0 radical (unpaired) electrons. The van der Waals surface area contributed by atoms with Gasteiger partial charge in [0, 0.05) is 17.5 Å². The highest BCUT2D eigenvalue weighted by atomic mass is 35.5. The number of benzene rings is 2. The van der Waals surface area contributed by atoms with Crippen LogP contribution in [0.1, 0.15) is 30.4 Å². The van der Waals surface area contributed by atoms with E-state index in [2.05, 4.69) is 54.5 Å². The van der Waals surface area contributed by atoms with Crippen LogP contribution >= 0.6 is 11.6 Å². The van der Waals surface area contributed by atoms with Crippen LogP contribution in [0.15, 0.2) is 54.7 Å². The average molecular weight is 270 g/mol. The Morgan fingerprint density at radius 1 is 1.05 bits per heavy atom. The van der Waals surface area contributed by atoms with Crippen LogP contribution in [0.3, 0.4) is 0 Å². The van der Waals surface area contributed by atoms with Gasteiger partial charge in [-0.2, -0.15) is 0 Å². The summed E-state index contributed by atoms with van der Waals surface area (Å²) in [6.45, 7) is 2.22. The van der Waals surface area contributed by atoms with E-state index >= 15 is 0 Å². The van der Waals surface area contributed by atoms with Crippen molar-refractivity contribution in [3.63, 3.8) is 0 Å². The van der Waals surface area contributed by atoms with Gasteiger partial charge in [0.15, 0.2) is 0 Å². The highest BCUT2D eigenvalue weighted by Crippen LogP contribution is 2.35. The first-order valence-corrected chi connectivity index (χ1v) is 6.99. The first-order chi connectivity index (χ1) is 9.31. The van der Waals surface area contributed by atoms with Crippen molar-refractivity contribution in [3.8, 4) is 0 Å². The second-order valence-corrected chi connectivity index (χ2v) is 5.19. The Hall–Kier alpha value is -1.73. The molecule has 0 aliphatic heterocycles. The number of halogens is 1. The highest BCUT2D eigenvalue weighted by molar-refractivity contribution is 6.35. The zero-order valence-electron chi connectivity index (χ0n) is 10.9. The number of aromatic nitrogens is 1. The summed E-state index contributed by atoms with van der Waals surface area (Å²) >= 11 is 6.23. The van der Waals surface area contributed by atoms with Gasteiger partial charge in [-0.15, -0.1) is 0 Å². The lowest BCUT2D eigenvalue weighted by Gasteiger charge is -2.14. The van der Waals surface area contributed by atoms with Crippen molar-refractivity contribution in [1.82, 2.24) is 4.98 Å². The number of fused-ring (bicyclic) bond motifs is 1. The smallest absolute Gasteiger partial charge is 0.0647 e. The topological polar surface area (TPSA) is 15.8 Å². The van der Waals surface area contributed by atoms with Gasteiger partial charge in [0.25, 0.3) is 0 Å². The minimum absolute atomic E-state index is 0.411. The Balaban J connectivity index is 2.15. The largest absolute Gasteiger partial charge is 0.360 e. The number of rotatable bonds is 3. The van der Waals surface area contributed by atoms with Crippen LogP contribution in [0, 0.1) is 0 Å². The van der Waals surface area contributed by atoms with Crippen LogP contribution in [0.25, 0.3) is 10.9 Å². The summed E-state index contributed by atoms with van der Waals surface area (Å²) in [6, 6.07) is 16.7. The molecule has 0 amide bonds. The highest BCUT2D eigenvalue weighted by Gasteiger charge is 2.16. The molecule has 1 heterocycles. The van der Waals surface area contributed by atoms with Crippen LogP contribution in [-0.4, -0.2) is 4.98 Å². The molecule has 1 unspecified atom stereocenters. The molecular weight excluding hydrogens is 254 g/mol. The van der Waals surface area contributed by atoms with Crippen LogP contribution in [0.5, 0.6) is 0 Å². The molecule has 1 aromatic heterocycles. The van der Waals surface area contributed by atoms with Gasteiger partial charge in [0.1, 0.15) is 0 Å². The molecule has 2 heteroatoms.